The molecule has 2 rings (SSSR count). The Hall–Kier alpha value is -1.38. The number of pyridine rings is 1. The van der Waals surface area contributed by atoms with Gasteiger partial charge in [-0.2, -0.15) is 0 Å². The van der Waals surface area contributed by atoms with Crippen LogP contribution in [0.25, 0.3) is 0 Å². The minimum Gasteiger partial charge on any atom is -0.458 e. The first-order valence-electron chi connectivity index (χ1n) is 7.22. The number of nitrogens with zero attached hydrogens (tertiary/aromatic N) is 1. The third-order valence-corrected chi connectivity index (χ3v) is 4.17. The lowest BCUT2D eigenvalue weighted by Crippen LogP contribution is -2.22. The molecule has 1 atom stereocenters. The molecule has 19 heavy (non-hydrogen) atoms. The normalized spacial score (nSPS) is 18.1. The quantitative estimate of drug-likeness (QED) is 0.775. The Labute approximate surface area is 115 Å². The summed E-state index contributed by atoms with van der Waals surface area (Å²) in [5, 5.41) is 0. The van der Waals surface area contributed by atoms with Crippen LogP contribution in [0.15, 0.2) is 12.3 Å². The fourth-order valence-electron chi connectivity index (χ4n) is 2.77. The van der Waals surface area contributed by atoms with Crippen LogP contribution >= 0.6 is 0 Å². The third kappa shape index (κ3) is 3.34. The SMILES string of the molecule is Cc1nccc(C(C)OC(=O)C2CCCCC2)c1C. The van der Waals surface area contributed by atoms with Crippen molar-refractivity contribution in [1.82, 2.24) is 4.98 Å². The van der Waals surface area contributed by atoms with Gasteiger partial charge in [0.25, 0.3) is 0 Å². The Morgan fingerprint density at radius 3 is 2.68 bits per heavy atom. The summed E-state index contributed by atoms with van der Waals surface area (Å²) in [5.74, 6) is 0.0838. The Balaban J connectivity index is 2.02. The van der Waals surface area contributed by atoms with Gasteiger partial charge in [-0.05, 0) is 50.8 Å². The molecule has 1 aromatic rings. The van der Waals surface area contributed by atoms with E-state index in [-0.39, 0.29) is 18.0 Å². The van der Waals surface area contributed by atoms with E-state index in [0.717, 1.165) is 42.5 Å². The highest BCUT2D eigenvalue weighted by molar-refractivity contribution is 5.72. The molecule has 0 saturated heterocycles. The van der Waals surface area contributed by atoms with Crippen LogP contribution < -0.4 is 0 Å². The Morgan fingerprint density at radius 2 is 2.00 bits per heavy atom. The molecule has 3 nitrogen and oxygen atoms in total. The molecule has 1 heterocycles. The molecule has 0 amide bonds. The monoisotopic (exact) mass is 261 g/mol. The molecule has 104 valence electrons. The van der Waals surface area contributed by atoms with Crippen LogP contribution in [-0.4, -0.2) is 11.0 Å². The number of rotatable bonds is 3. The number of esters is 1. The van der Waals surface area contributed by atoms with E-state index in [9.17, 15) is 4.79 Å². The van der Waals surface area contributed by atoms with Gasteiger partial charge < -0.3 is 4.74 Å². The molecule has 0 N–H and O–H groups in total. The topological polar surface area (TPSA) is 39.2 Å². The molecule has 3 heteroatoms. The lowest BCUT2D eigenvalue weighted by Gasteiger charge is -2.23. The van der Waals surface area contributed by atoms with Crippen molar-refractivity contribution in [3.8, 4) is 0 Å². The van der Waals surface area contributed by atoms with Gasteiger partial charge in [0.1, 0.15) is 6.10 Å². The van der Waals surface area contributed by atoms with Crippen LogP contribution in [0, 0.1) is 19.8 Å². The second-order valence-corrected chi connectivity index (χ2v) is 5.52. The summed E-state index contributed by atoms with van der Waals surface area (Å²) in [6, 6.07) is 1.95. The maximum atomic E-state index is 12.1. The van der Waals surface area contributed by atoms with Crippen molar-refractivity contribution in [2.45, 2.75) is 59.0 Å². The van der Waals surface area contributed by atoms with Crippen LogP contribution in [0.1, 0.15) is 62.0 Å². The summed E-state index contributed by atoms with van der Waals surface area (Å²) in [7, 11) is 0. The zero-order valence-electron chi connectivity index (χ0n) is 12.1. The summed E-state index contributed by atoms with van der Waals surface area (Å²) >= 11 is 0. The van der Waals surface area contributed by atoms with Gasteiger partial charge in [0.15, 0.2) is 0 Å². The molecule has 0 aromatic carbocycles. The predicted molar refractivity (Wildman–Crippen MR) is 74.8 cm³/mol. The average molecular weight is 261 g/mol. The van der Waals surface area contributed by atoms with Crippen LogP contribution in [-0.2, 0) is 9.53 Å². The maximum absolute atomic E-state index is 12.1. The fourth-order valence-corrected chi connectivity index (χ4v) is 2.77. The molecule has 0 aliphatic heterocycles. The van der Waals surface area contributed by atoms with E-state index in [1.54, 1.807) is 6.20 Å². The highest BCUT2D eigenvalue weighted by atomic mass is 16.5. The van der Waals surface area contributed by atoms with Crippen molar-refractivity contribution in [2.24, 2.45) is 5.92 Å². The number of aromatic nitrogens is 1. The van der Waals surface area contributed by atoms with Gasteiger partial charge in [-0.1, -0.05) is 19.3 Å². The molecule has 1 unspecified atom stereocenters. The maximum Gasteiger partial charge on any atom is 0.309 e. The lowest BCUT2D eigenvalue weighted by atomic mass is 9.89. The van der Waals surface area contributed by atoms with Crippen molar-refractivity contribution >= 4 is 5.97 Å². The van der Waals surface area contributed by atoms with Crippen molar-refractivity contribution in [3.63, 3.8) is 0 Å². The summed E-state index contributed by atoms with van der Waals surface area (Å²) in [4.78, 5) is 16.4. The summed E-state index contributed by atoms with van der Waals surface area (Å²) in [6.07, 6.45) is 7.13. The van der Waals surface area contributed by atoms with Crippen molar-refractivity contribution in [3.05, 3.63) is 29.1 Å². The van der Waals surface area contributed by atoms with Crippen LogP contribution in [0.5, 0.6) is 0 Å². The Morgan fingerprint density at radius 1 is 1.32 bits per heavy atom. The van der Waals surface area contributed by atoms with E-state index in [0.29, 0.717) is 0 Å². The first-order chi connectivity index (χ1) is 9.09. The van der Waals surface area contributed by atoms with Gasteiger partial charge in [-0.3, -0.25) is 9.78 Å². The van der Waals surface area contributed by atoms with Crippen LogP contribution in [0.2, 0.25) is 0 Å². The summed E-state index contributed by atoms with van der Waals surface area (Å²) in [6.45, 7) is 5.96. The molecular weight excluding hydrogens is 238 g/mol. The summed E-state index contributed by atoms with van der Waals surface area (Å²) < 4.78 is 5.64. The van der Waals surface area contributed by atoms with Gasteiger partial charge in [-0.15, -0.1) is 0 Å². The standard InChI is InChI=1S/C16H23NO2/c1-11-12(2)17-10-9-15(11)13(3)19-16(18)14-7-5-4-6-8-14/h9-10,13-14H,4-8H2,1-3H3. The number of carbonyl (C=O) groups is 1. The highest BCUT2D eigenvalue weighted by Gasteiger charge is 2.25. The largest absolute Gasteiger partial charge is 0.458 e. The summed E-state index contributed by atoms with van der Waals surface area (Å²) in [5.41, 5.74) is 3.18. The van der Waals surface area contributed by atoms with Gasteiger partial charge in [0.2, 0.25) is 0 Å². The Bertz CT molecular complexity index is 450. The zero-order chi connectivity index (χ0) is 13.8. The van der Waals surface area contributed by atoms with Gasteiger partial charge >= 0.3 is 5.97 Å². The van der Waals surface area contributed by atoms with Gasteiger partial charge in [0.05, 0.1) is 5.92 Å². The number of ether oxygens (including phenoxy) is 1. The molecule has 1 aliphatic rings. The molecule has 0 spiro atoms. The minimum atomic E-state index is -0.184. The van der Waals surface area contributed by atoms with Crippen LogP contribution in [0.4, 0.5) is 0 Å². The van der Waals surface area contributed by atoms with Crippen molar-refractivity contribution in [1.29, 1.82) is 0 Å². The number of aryl methyl sites for hydroxylation is 1. The van der Waals surface area contributed by atoms with E-state index < -0.39 is 0 Å². The van der Waals surface area contributed by atoms with Gasteiger partial charge in [-0.25, -0.2) is 0 Å². The van der Waals surface area contributed by atoms with E-state index in [4.69, 9.17) is 4.74 Å². The number of carbonyl (C=O) groups excluding carboxylic acids is 1. The highest BCUT2D eigenvalue weighted by Crippen LogP contribution is 2.28. The molecule has 1 aromatic heterocycles. The van der Waals surface area contributed by atoms with E-state index in [1.807, 2.05) is 26.8 Å². The first-order valence-corrected chi connectivity index (χ1v) is 7.22. The van der Waals surface area contributed by atoms with Crippen LogP contribution in [0.3, 0.4) is 0 Å². The zero-order valence-corrected chi connectivity index (χ0v) is 12.1. The first kappa shape index (κ1) is 14.0. The predicted octanol–water partition coefficient (Wildman–Crippen LogP) is 3.88. The second-order valence-electron chi connectivity index (χ2n) is 5.52. The second kappa shape index (κ2) is 6.18. The van der Waals surface area contributed by atoms with E-state index >= 15 is 0 Å². The molecule has 0 bridgehead atoms. The molecular formula is C16H23NO2. The van der Waals surface area contributed by atoms with E-state index in [2.05, 4.69) is 4.98 Å². The van der Waals surface area contributed by atoms with Gasteiger partial charge in [0, 0.05) is 11.9 Å². The average Bonchev–Trinajstić information content (AvgIpc) is 2.42. The van der Waals surface area contributed by atoms with E-state index in [1.165, 1.54) is 6.42 Å². The minimum absolute atomic E-state index is 0.0268. The number of hydrogen-bond donors (Lipinski definition) is 0. The lowest BCUT2D eigenvalue weighted by molar-refractivity contribution is -0.154. The Kier molecular flexibility index (Phi) is 4.56. The molecule has 1 fully saturated rings. The van der Waals surface area contributed by atoms with Crippen molar-refractivity contribution in [2.75, 3.05) is 0 Å². The molecule has 0 radical (unpaired) electrons. The smallest absolute Gasteiger partial charge is 0.309 e. The molecule has 1 aliphatic carbocycles. The van der Waals surface area contributed by atoms with Crippen molar-refractivity contribution < 1.29 is 9.53 Å². The third-order valence-electron chi connectivity index (χ3n) is 4.17. The number of hydrogen-bond acceptors (Lipinski definition) is 3. The fraction of sp³-hybridized carbons (Fsp3) is 0.625. The molecule has 1 saturated carbocycles.